The van der Waals surface area contributed by atoms with Gasteiger partial charge in [-0.05, 0) is 66.8 Å². The van der Waals surface area contributed by atoms with Crippen LogP contribution >= 0.6 is 0 Å². The first-order chi connectivity index (χ1) is 13.3. The monoisotopic (exact) mass is 379 g/mol. The van der Waals surface area contributed by atoms with Crippen LogP contribution < -0.4 is 16.0 Å². The van der Waals surface area contributed by atoms with Gasteiger partial charge in [-0.25, -0.2) is 0 Å². The lowest BCUT2D eigenvalue weighted by Gasteiger charge is -2.21. The van der Waals surface area contributed by atoms with E-state index in [1.807, 2.05) is 36.4 Å². The van der Waals surface area contributed by atoms with Crippen molar-refractivity contribution in [3.05, 3.63) is 59.7 Å². The lowest BCUT2D eigenvalue weighted by Crippen LogP contribution is -2.37. The van der Waals surface area contributed by atoms with Crippen molar-refractivity contribution in [2.24, 2.45) is 5.92 Å². The smallest absolute Gasteiger partial charge is 0.255 e. The number of carbonyl (C=O) groups is 2. The second-order valence-electron chi connectivity index (χ2n) is 8.39. The topological polar surface area (TPSA) is 70.2 Å². The summed E-state index contributed by atoms with van der Waals surface area (Å²) >= 11 is 0. The van der Waals surface area contributed by atoms with Crippen molar-refractivity contribution in [2.75, 3.05) is 23.7 Å². The lowest BCUT2D eigenvalue weighted by atomic mass is 9.87. The first-order valence-electron chi connectivity index (χ1n) is 9.86. The Balaban J connectivity index is 1.57. The largest absolute Gasteiger partial charge is 0.326 e. The number of carbonyl (C=O) groups excluding carboxylic acids is 2. The zero-order valence-corrected chi connectivity index (χ0v) is 16.8. The quantitative estimate of drug-likeness (QED) is 0.746. The van der Waals surface area contributed by atoms with Crippen molar-refractivity contribution in [2.45, 2.75) is 39.0 Å². The number of benzene rings is 2. The Morgan fingerprint density at radius 3 is 2.07 bits per heavy atom. The van der Waals surface area contributed by atoms with Gasteiger partial charge in [-0.3, -0.25) is 9.59 Å². The third-order valence-corrected chi connectivity index (χ3v) is 5.09. The Kier molecular flexibility index (Phi) is 6.15. The van der Waals surface area contributed by atoms with E-state index in [9.17, 15) is 9.59 Å². The van der Waals surface area contributed by atoms with Gasteiger partial charge in [0.05, 0.1) is 5.92 Å². The fourth-order valence-corrected chi connectivity index (χ4v) is 3.28. The third-order valence-electron chi connectivity index (χ3n) is 5.09. The van der Waals surface area contributed by atoms with Gasteiger partial charge in [-0.1, -0.05) is 32.9 Å². The highest BCUT2D eigenvalue weighted by Crippen LogP contribution is 2.23. The maximum absolute atomic E-state index is 12.5. The average Bonchev–Trinajstić information content (AvgIpc) is 2.69. The summed E-state index contributed by atoms with van der Waals surface area (Å²) in [6.45, 7) is 8.15. The van der Waals surface area contributed by atoms with Crippen LogP contribution in [0.1, 0.15) is 49.5 Å². The molecule has 0 aliphatic carbocycles. The first-order valence-corrected chi connectivity index (χ1v) is 9.86. The van der Waals surface area contributed by atoms with Crippen molar-refractivity contribution >= 4 is 23.2 Å². The molecule has 0 aromatic heterocycles. The fraction of sp³-hybridized carbons (Fsp3) is 0.391. The molecular weight excluding hydrogens is 350 g/mol. The molecule has 2 amide bonds. The molecule has 1 heterocycles. The molecular formula is C23H29N3O2. The molecule has 0 bridgehead atoms. The van der Waals surface area contributed by atoms with Gasteiger partial charge in [0.25, 0.3) is 5.91 Å². The first kappa shape index (κ1) is 20.1. The minimum atomic E-state index is -0.148. The van der Waals surface area contributed by atoms with Gasteiger partial charge in [-0.15, -0.1) is 0 Å². The summed E-state index contributed by atoms with van der Waals surface area (Å²) in [5.41, 5.74) is 3.31. The number of rotatable bonds is 4. The van der Waals surface area contributed by atoms with Crippen molar-refractivity contribution < 1.29 is 9.59 Å². The molecule has 1 aliphatic heterocycles. The number of piperidine rings is 1. The number of anilines is 2. The summed E-state index contributed by atoms with van der Waals surface area (Å²) in [5.74, 6) is -0.0855. The number of hydrogen-bond acceptors (Lipinski definition) is 3. The SMILES string of the molecule is CC(C)(C)c1ccc(C(=O)Nc2ccc(NC(=O)C3CCCNC3)cc2)cc1. The molecule has 148 valence electrons. The molecule has 5 heteroatoms. The van der Waals surface area contributed by atoms with Gasteiger partial charge in [-0.2, -0.15) is 0 Å². The zero-order valence-electron chi connectivity index (χ0n) is 16.8. The van der Waals surface area contributed by atoms with Gasteiger partial charge in [0.2, 0.25) is 5.91 Å². The highest BCUT2D eigenvalue weighted by Gasteiger charge is 2.20. The van der Waals surface area contributed by atoms with E-state index in [1.165, 1.54) is 5.56 Å². The van der Waals surface area contributed by atoms with Crippen LogP contribution in [0.3, 0.4) is 0 Å². The Morgan fingerprint density at radius 2 is 1.54 bits per heavy atom. The van der Waals surface area contributed by atoms with E-state index < -0.39 is 0 Å². The maximum atomic E-state index is 12.5. The summed E-state index contributed by atoms with van der Waals surface area (Å²) in [6.07, 6.45) is 1.95. The summed E-state index contributed by atoms with van der Waals surface area (Å²) in [6, 6.07) is 14.9. The van der Waals surface area contributed by atoms with E-state index in [0.29, 0.717) is 11.3 Å². The van der Waals surface area contributed by atoms with E-state index in [0.717, 1.165) is 31.6 Å². The van der Waals surface area contributed by atoms with Gasteiger partial charge in [0.15, 0.2) is 0 Å². The molecule has 1 unspecified atom stereocenters. The van der Waals surface area contributed by atoms with Crippen molar-refractivity contribution in [3.63, 3.8) is 0 Å². The average molecular weight is 380 g/mol. The number of hydrogen-bond donors (Lipinski definition) is 3. The van der Waals surface area contributed by atoms with Gasteiger partial charge in [0, 0.05) is 23.5 Å². The van der Waals surface area contributed by atoms with Crippen LogP contribution in [0.5, 0.6) is 0 Å². The molecule has 0 spiro atoms. The van der Waals surface area contributed by atoms with E-state index >= 15 is 0 Å². The summed E-state index contributed by atoms with van der Waals surface area (Å²) in [7, 11) is 0. The van der Waals surface area contributed by atoms with E-state index in [2.05, 4.69) is 36.7 Å². The molecule has 2 aromatic rings. The highest BCUT2D eigenvalue weighted by molar-refractivity contribution is 6.04. The molecule has 2 aromatic carbocycles. The molecule has 1 saturated heterocycles. The Bertz CT molecular complexity index is 814. The van der Waals surface area contributed by atoms with Crippen molar-refractivity contribution in [3.8, 4) is 0 Å². The molecule has 0 saturated carbocycles. The summed E-state index contributed by atoms with van der Waals surface area (Å²) in [4.78, 5) is 24.7. The second-order valence-corrected chi connectivity index (χ2v) is 8.39. The molecule has 3 N–H and O–H groups in total. The molecule has 5 nitrogen and oxygen atoms in total. The van der Waals surface area contributed by atoms with E-state index in [1.54, 1.807) is 12.1 Å². The number of nitrogens with one attached hydrogen (secondary N) is 3. The van der Waals surface area contributed by atoms with Crippen LogP contribution in [0.25, 0.3) is 0 Å². The molecule has 0 radical (unpaired) electrons. The standard InChI is InChI=1S/C23H29N3O2/c1-23(2,3)18-8-6-16(7-9-18)21(27)25-19-10-12-20(13-11-19)26-22(28)17-5-4-14-24-15-17/h6-13,17,24H,4-5,14-15H2,1-3H3,(H,25,27)(H,26,28). The minimum Gasteiger partial charge on any atom is -0.326 e. The van der Waals surface area contributed by atoms with Crippen LogP contribution in [-0.2, 0) is 10.2 Å². The van der Waals surface area contributed by atoms with Crippen LogP contribution in [0.15, 0.2) is 48.5 Å². The maximum Gasteiger partial charge on any atom is 0.255 e. The highest BCUT2D eigenvalue weighted by atomic mass is 16.2. The molecule has 28 heavy (non-hydrogen) atoms. The normalized spacial score (nSPS) is 17.0. The van der Waals surface area contributed by atoms with Crippen LogP contribution in [0.2, 0.25) is 0 Å². The number of amides is 2. The van der Waals surface area contributed by atoms with Crippen LogP contribution in [-0.4, -0.2) is 24.9 Å². The van der Waals surface area contributed by atoms with Crippen LogP contribution in [0.4, 0.5) is 11.4 Å². The molecule has 3 rings (SSSR count). The van der Waals surface area contributed by atoms with Crippen molar-refractivity contribution in [1.82, 2.24) is 5.32 Å². The van der Waals surface area contributed by atoms with Gasteiger partial charge < -0.3 is 16.0 Å². The molecule has 1 aliphatic rings. The second kappa shape index (κ2) is 8.57. The zero-order chi connectivity index (χ0) is 20.1. The summed E-state index contributed by atoms with van der Waals surface area (Å²) < 4.78 is 0. The molecule has 1 fully saturated rings. The van der Waals surface area contributed by atoms with E-state index in [4.69, 9.17) is 0 Å². The van der Waals surface area contributed by atoms with Crippen LogP contribution in [0, 0.1) is 5.92 Å². The minimum absolute atomic E-state index is 0.0178. The fourth-order valence-electron chi connectivity index (χ4n) is 3.28. The van der Waals surface area contributed by atoms with Gasteiger partial charge in [0.1, 0.15) is 0 Å². The predicted molar refractivity (Wildman–Crippen MR) is 114 cm³/mol. The molecule has 1 atom stereocenters. The summed E-state index contributed by atoms with van der Waals surface area (Å²) in [5, 5.41) is 9.10. The predicted octanol–water partition coefficient (Wildman–Crippen LogP) is 4.17. The third kappa shape index (κ3) is 5.20. The van der Waals surface area contributed by atoms with Crippen molar-refractivity contribution in [1.29, 1.82) is 0 Å². The Hall–Kier alpha value is -2.66. The Labute approximate surface area is 166 Å². The lowest BCUT2D eigenvalue weighted by molar-refractivity contribution is -0.120. The van der Waals surface area contributed by atoms with E-state index in [-0.39, 0.29) is 23.1 Å². The van der Waals surface area contributed by atoms with Gasteiger partial charge >= 0.3 is 0 Å². The Morgan fingerprint density at radius 1 is 0.929 bits per heavy atom.